The molecule has 3 heteroatoms. The van der Waals surface area contributed by atoms with Gasteiger partial charge >= 0.3 is 0 Å². The second-order valence-corrected chi connectivity index (χ2v) is 9.31. The second-order valence-electron chi connectivity index (χ2n) is 9.31. The quantitative estimate of drug-likeness (QED) is 0.717. The monoisotopic (exact) mass is 368 g/mol. The number of amides is 1. The van der Waals surface area contributed by atoms with E-state index in [1.54, 1.807) is 0 Å². The van der Waals surface area contributed by atoms with Crippen LogP contribution < -0.4 is 0 Å². The van der Waals surface area contributed by atoms with Crippen LogP contribution in [-0.4, -0.2) is 48.4 Å². The average molecular weight is 369 g/mol. The minimum atomic E-state index is 0.375. The van der Waals surface area contributed by atoms with Gasteiger partial charge in [-0.05, 0) is 87.9 Å². The van der Waals surface area contributed by atoms with Gasteiger partial charge in [-0.15, -0.1) is 0 Å². The Morgan fingerprint density at radius 2 is 1.96 bits per heavy atom. The van der Waals surface area contributed by atoms with Gasteiger partial charge in [-0.2, -0.15) is 0 Å². The van der Waals surface area contributed by atoms with Crippen molar-refractivity contribution in [2.45, 2.75) is 58.8 Å². The van der Waals surface area contributed by atoms with Gasteiger partial charge in [0, 0.05) is 25.6 Å². The summed E-state index contributed by atoms with van der Waals surface area (Å²) in [7, 11) is 0. The van der Waals surface area contributed by atoms with Gasteiger partial charge in [-0.3, -0.25) is 4.79 Å². The number of hydrogen-bond donors (Lipinski definition) is 0. The van der Waals surface area contributed by atoms with Crippen LogP contribution in [0.1, 0.15) is 56.6 Å². The Balaban J connectivity index is 1.20. The van der Waals surface area contributed by atoms with Crippen LogP contribution in [0.4, 0.5) is 0 Å². The summed E-state index contributed by atoms with van der Waals surface area (Å²) >= 11 is 0. The molecule has 0 unspecified atom stereocenters. The van der Waals surface area contributed by atoms with E-state index >= 15 is 0 Å². The van der Waals surface area contributed by atoms with E-state index in [9.17, 15) is 4.79 Å². The minimum absolute atomic E-state index is 0.375. The highest BCUT2D eigenvalue weighted by atomic mass is 16.2. The van der Waals surface area contributed by atoms with Crippen molar-refractivity contribution in [3.05, 3.63) is 35.4 Å². The number of carbonyl (C=O) groups excluding carboxylic acids is 1. The number of carbonyl (C=O) groups is 1. The Morgan fingerprint density at radius 3 is 2.56 bits per heavy atom. The summed E-state index contributed by atoms with van der Waals surface area (Å²) in [5, 5.41) is 0. The third-order valence-electron chi connectivity index (χ3n) is 7.67. The molecule has 3 fully saturated rings. The van der Waals surface area contributed by atoms with Crippen LogP contribution in [0.25, 0.3) is 0 Å². The largest absolute Gasteiger partial charge is 0.342 e. The third-order valence-corrected chi connectivity index (χ3v) is 7.67. The number of rotatable bonds is 7. The van der Waals surface area contributed by atoms with Crippen molar-refractivity contribution in [2.24, 2.45) is 17.3 Å². The van der Waals surface area contributed by atoms with E-state index in [1.165, 1.54) is 69.3 Å². The molecule has 3 nitrogen and oxygen atoms in total. The molecular weight excluding hydrogens is 332 g/mol. The van der Waals surface area contributed by atoms with E-state index < -0.39 is 0 Å². The first-order valence-corrected chi connectivity index (χ1v) is 11.2. The van der Waals surface area contributed by atoms with Crippen LogP contribution in [0.5, 0.6) is 0 Å². The molecule has 148 valence electrons. The van der Waals surface area contributed by atoms with Crippen LogP contribution in [-0.2, 0) is 11.2 Å². The zero-order valence-corrected chi connectivity index (χ0v) is 17.3. The average Bonchev–Trinajstić information content (AvgIpc) is 3.43. The van der Waals surface area contributed by atoms with Crippen molar-refractivity contribution < 1.29 is 4.79 Å². The molecule has 2 saturated carbocycles. The van der Waals surface area contributed by atoms with E-state index in [2.05, 4.69) is 47.9 Å². The Labute approximate surface area is 165 Å². The maximum Gasteiger partial charge on any atom is 0.226 e. The number of aryl methyl sites for hydroxylation is 1. The molecule has 0 N–H and O–H groups in total. The number of hydrogen-bond acceptors (Lipinski definition) is 2. The van der Waals surface area contributed by atoms with E-state index in [0.717, 1.165) is 19.5 Å². The molecule has 2 aliphatic carbocycles. The highest BCUT2D eigenvalue weighted by Crippen LogP contribution is 2.65. The summed E-state index contributed by atoms with van der Waals surface area (Å²) in [6, 6.07) is 8.75. The lowest BCUT2D eigenvalue weighted by Gasteiger charge is -2.35. The minimum Gasteiger partial charge on any atom is -0.342 e. The Kier molecular flexibility index (Phi) is 5.59. The van der Waals surface area contributed by atoms with Crippen molar-refractivity contribution in [2.75, 3.05) is 32.7 Å². The normalized spacial score (nSPS) is 24.6. The summed E-state index contributed by atoms with van der Waals surface area (Å²) < 4.78 is 0. The van der Waals surface area contributed by atoms with Crippen LogP contribution >= 0.6 is 0 Å². The number of nitrogens with zero attached hydrogens (tertiary/aromatic N) is 2. The molecule has 1 amide bonds. The predicted molar refractivity (Wildman–Crippen MR) is 111 cm³/mol. The molecule has 1 aliphatic heterocycles. The van der Waals surface area contributed by atoms with Gasteiger partial charge in [0.2, 0.25) is 5.91 Å². The van der Waals surface area contributed by atoms with Gasteiger partial charge in [-0.25, -0.2) is 0 Å². The molecule has 0 bridgehead atoms. The fraction of sp³-hybridized carbons (Fsp3) is 0.708. The molecule has 1 spiro atoms. The van der Waals surface area contributed by atoms with E-state index in [4.69, 9.17) is 0 Å². The third kappa shape index (κ3) is 4.08. The smallest absolute Gasteiger partial charge is 0.226 e. The molecule has 1 aromatic carbocycles. The molecule has 4 rings (SSSR count). The molecule has 1 aromatic rings. The van der Waals surface area contributed by atoms with Crippen molar-refractivity contribution in [1.82, 2.24) is 9.80 Å². The first kappa shape index (κ1) is 19.0. The van der Waals surface area contributed by atoms with Crippen LogP contribution in [0.3, 0.4) is 0 Å². The molecular formula is C24H36N2O. The van der Waals surface area contributed by atoms with E-state index in [0.29, 0.717) is 23.2 Å². The van der Waals surface area contributed by atoms with Gasteiger partial charge in [0.15, 0.2) is 0 Å². The number of benzene rings is 1. The van der Waals surface area contributed by atoms with Gasteiger partial charge in [-0.1, -0.05) is 30.7 Å². The van der Waals surface area contributed by atoms with Crippen molar-refractivity contribution in [3.8, 4) is 0 Å². The molecule has 0 aromatic heterocycles. The van der Waals surface area contributed by atoms with Crippen LogP contribution in [0.2, 0.25) is 0 Å². The number of likely N-dealkylation sites (tertiary alicyclic amines) is 1. The maximum absolute atomic E-state index is 12.9. The van der Waals surface area contributed by atoms with Gasteiger partial charge in [0.25, 0.3) is 0 Å². The molecule has 1 saturated heterocycles. The molecule has 27 heavy (non-hydrogen) atoms. The van der Waals surface area contributed by atoms with Crippen molar-refractivity contribution >= 4 is 5.91 Å². The fourth-order valence-electron chi connectivity index (χ4n) is 5.35. The Morgan fingerprint density at radius 1 is 1.22 bits per heavy atom. The maximum atomic E-state index is 12.9. The van der Waals surface area contributed by atoms with Crippen molar-refractivity contribution in [1.29, 1.82) is 0 Å². The van der Waals surface area contributed by atoms with Gasteiger partial charge in [0.1, 0.15) is 0 Å². The van der Waals surface area contributed by atoms with E-state index in [1.807, 2.05) is 0 Å². The van der Waals surface area contributed by atoms with Crippen LogP contribution in [0, 0.1) is 24.2 Å². The summed E-state index contributed by atoms with van der Waals surface area (Å²) in [6.07, 6.45) is 8.78. The first-order chi connectivity index (χ1) is 13.1. The molecule has 1 heterocycles. The van der Waals surface area contributed by atoms with Gasteiger partial charge in [0.05, 0.1) is 0 Å². The summed E-state index contributed by atoms with van der Waals surface area (Å²) in [4.78, 5) is 17.7. The number of piperidine rings is 1. The standard InChI is InChI=1S/C24H36N2O/c1-3-26(23(27)22-17-24(22)12-6-13-24)18-20-9-14-25(15-10-20)16-11-21-8-5-4-7-19(21)2/h4-5,7-8,20,22H,3,6,9-18H2,1-2H3/t22-/m1/s1. The van der Waals surface area contributed by atoms with E-state index in [-0.39, 0.29) is 0 Å². The summed E-state index contributed by atoms with van der Waals surface area (Å²) in [6.45, 7) is 9.80. The summed E-state index contributed by atoms with van der Waals surface area (Å²) in [5.74, 6) is 1.54. The Hall–Kier alpha value is -1.35. The van der Waals surface area contributed by atoms with Crippen LogP contribution in [0.15, 0.2) is 24.3 Å². The molecule has 3 aliphatic rings. The fourth-order valence-corrected chi connectivity index (χ4v) is 5.35. The predicted octanol–water partition coefficient (Wildman–Crippen LogP) is 4.29. The lowest BCUT2D eigenvalue weighted by atomic mass is 9.79. The zero-order valence-electron chi connectivity index (χ0n) is 17.3. The van der Waals surface area contributed by atoms with Crippen molar-refractivity contribution in [3.63, 3.8) is 0 Å². The SMILES string of the molecule is CCN(CC1CCN(CCc2ccccc2C)CC1)C(=O)[C@H]1CC12CCC2. The highest BCUT2D eigenvalue weighted by Gasteiger charge is 2.61. The zero-order chi connectivity index (χ0) is 18.9. The summed E-state index contributed by atoms with van der Waals surface area (Å²) in [5.41, 5.74) is 3.36. The highest BCUT2D eigenvalue weighted by molar-refractivity contribution is 5.83. The lowest BCUT2D eigenvalue weighted by Crippen LogP contribution is -2.42. The first-order valence-electron chi connectivity index (χ1n) is 11.2. The van der Waals surface area contributed by atoms with Gasteiger partial charge < -0.3 is 9.80 Å². The Bertz CT molecular complexity index is 658. The second kappa shape index (κ2) is 7.95. The topological polar surface area (TPSA) is 23.6 Å². The molecule has 0 radical (unpaired) electrons. The lowest BCUT2D eigenvalue weighted by molar-refractivity contribution is -0.134. The molecule has 1 atom stereocenters.